The van der Waals surface area contributed by atoms with Gasteiger partial charge < -0.3 is 9.47 Å². The number of halogens is 2. The van der Waals surface area contributed by atoms with Gasteiger partial charge in [0.1, 0.15) is 29.5 Å². The van der Waals surface area contributed by atoms with E-state index >= 15 is 4.39 Å². The molecule has 196 valence electrons. The molecule has 38 heavy (non-hydrogen) atoms. The molecule has 2 aliphatic rings. The Morgan fingerprint density at radius 3 is 2.76 bits per heavy atom. The molecule has 1 aliphatic heterocycles. The summed E-state index contributed by atoms with van der Waals surface area (Å²) in [6.07, 6.45) is 7.56. The molecule has 0 spiro atoms. The number of carbonyl (C=O) groups is 1. The van der Waals surface area contributed by atoms with Crippen LogP contribution in [0.3, 0.4) is 0 Å². The predicted molar refractivity (Wildman–Crippen MR) is 134 cm³/mol. The lowest BCUT2D eigenvalue weighted by atomic mass is 9.89. The van der Waals surface area contributed by atoms with Crippen LogP contribution in [0.5, 0.6) is 0 Å². The molecule has 0 unspecified atom stereocenters. The van der Waals surface area contributed by atoms with Crippen LogP contribution in [0, 0.1) is 18.6 Å². The van der Waals surface area contributed by atoms with Crippen LogP contribution < -0.4 is 0 Å². The molecule has 0 bridgehead atoms. The number of carbonyl (C=O) groups excluding carboxylic acids is 1. The molecule has 0 radical (unpaired) electrons. The lowest BCUT2D eigenvalue weighted by Gasteiger charge is -2.29. The van der Waals surface area contributed by atoms with Gasteiger partial charge in [-0.05, 0) is 50.8 Å². The molecule has 0 N–H and O–H groups in total. The molecule has 4 aromatic rings. The van der Waals surface area contributed by atoms with Crippen LogP contribution in [-0.4, -0.2) is 37.3 Å². The summed E-state index contributed by atoms with van der Waals surface area (Å²) in [6.45, 7) is 3.59. The Kier molecular flexibility index (Phi) is 6.35. The number of ether oxygens (including phenoxy) is 2. The van der Waals surface area contributed by atoms with Crippen molar-refractivity contribution in [3.05, 3.63) is 70.9 Å². The van der Waals surface area contributed by atoms with Crippen LogP contribution in [0.4, 0.5) is 8.78 Å². The zero-order valence-electron chi connectivity index (χ0n) is 21.2. The molecule has 1 saturated heterocycles. The second-order valence-corrected chi connectivity index (χ2v) is 9.99. The molecule has 4 heterocycles. The van der Waals surface area contributed by atoms with Crippen molar-refractivity contribution in [1.82, 2.24) is 24.7 Å². The van der Waals surface area contributed by atoms with Gasteiger partial charge in [-0.25, -0.2) is 23.7 Å². The second kappa shape index (κ2) is 9.83. The summed E-state index contributed by atoms with van der Waals surface area (Å²) < 4.78 is 42.0. The van der Waals surface area contributed by atoms with Crippen molar-refractivity contribution in [2.45, 2.75) is 64.2 Å². The molecule has 10 heteroatoms. The first-order valence-electron chi connectivity index (χ1n) is 12.8. The van der Waals surface area contributed by atoms with E-state index in [9.17, 15) is 9.18 Å². The Bertz CT molecular complexity index is 1530. The van der Waals surface area contributed by atoms with Gasteiger partial charge in [0.2, 0.25) is 0 Å². The Labute approximate surface area is 218 Å². The lowest BCUT2D eigenvalue weighted by molar-refractivity contribution is -0.142. The molecule has 3 aromatic heterocycles. The third-order valence-electron chi connectivity index (χ3n) is 7.16. The highest BCUT2D eigenvalue weighted by atomic mass is 19.1. The van der Waals surface area contributed by atoms with Crippen molar-refractivity contribution in [2.24, 2.45) is 0 Å². The van der Waals surface area contributed by atoms with Gasteiger partial charge in [-0.2, -0.15) is 5.10 Å². The first-order valence-corrected chi connectivity index (χ1v) is 12.8. The van der Waals surface area contributed by atoms with Gasteiger partial charge in [-0.15, -0.1) is 0 Å². The smallest absolute Gasteiger partial charge is 0.303 e. The molecular formula is C28H27F2N5O3. The zero-order chi connectivity index (χ0) is 26.4. The van der Waals surface area contributed by atoms with Gasteiger partial charge in [-0.1, -0.05) is 0 Å². The minimum Gasteiger partial charge on any atom is -0.459 e. The summed E-state index contributed by atoms with van der Waals surface area (Å²) in [7, 11) is 0. The van der Waals surface area contributed by atoms with Crippen LogP contribution in [0.25, 0.3) is 22.3 Å². The average molecular weight is 520 g/mol. The van der Waals surface area contributed by atoms with Crippen molar-refractivity contribution >= 4 is 17.0 Å². The highest BCUT2D eigenvalue weighted by molar-refractivity contribution is 5.89. The maximum Gasteiger partial charge on any atom is 0.303 e. The van der Waals surface area contributed by atoms with Crippen molar-refractivity contribution in [3.63, 3.8) is 0 Å². The fourth-order valence-electron chi connectivity index (χ4n) is 4.94. The zero-order valence-corrected chi connectivity index (χ0v) is 21.2. The summed E-state index contributed by atoms with van der Waals surface area (Å²) >= 11 is 0. The molecule has 2 fully saturated rings. The quantitative estimate of drug-likeness (QED) is 0.310. The van der Waals surface area contributed by atoms with E-state index in [0.29, 0.717) is 41.5 Å². The van der Waals surface area contributed by atoms with Crippen LogP contribution >= 0.6 is 0 Å². The second-order valence-electron chi connectivity index (χ2n) is 9.99. The van der Waals surface area contributed by atoms with E-state index < -0.39 is 17.6 Å². The Balaban J connectivity index is 1.41. The molecule has 8 nitrogen and oxygen atoms in total. The number of rotatable bonds is 6. The topological polar surface area (TPSA) is 92.0 Å². The number of fused-ring (bicyclic) bond motifs is 1. The number of hydrogen-bond acceptors (Lipinski definition) is 7. The predicted octanol–water partition coefficient (Wildman–Crippen LogP) is 5.51. The molecular weight excluding hydrogens is 492 g/mol. The van der Waals surface area contributed by atoms with Gasteiger partial charge in [0.25, 0.3) is 0 Å². The summed E-state index contributed by atoms with van der Waals surface area (Å²) in [6, 6.07) is 5.77. The summed E-state index contributed by atoms with van der Waals surface area (Å²) in [5, 5.41) is 4.51. The number of nitrogens with zero attached hydrogens (tertiary/aromatic N) is 5. The number of aromatic nitrogens is 5. The van der Waals surface area contributed by atoms with Crippen molar-refractivity contribution < 1.29 is 23.0 Å². The van der Waals surface area contributed by atoms with Gasteiger partial charge in [0.15, 0.2) is 0 Å². The number of esters is 1. The van der Waals surface area contributed by atoms with E-state index in [0.717, 1.165) is 36.6 Å². The number of aryl methyl sites for hydroxylation is 1. The number of benzene rings is 1. The lowest BCUT2D eigenvalue weighted by Crippen LogP contribution is -2.19. The maximum absolute atomic E-state index is 15.0. The molecule has 1 aliphatic carbocycles. The number of hydrogen-bond donors (Lipinski definition) is 0. The standard InChI is InChI=1S/C28H27F2N5O3/c1-15-25(14-38-16(2)36)34-28-24(32-15)11-23(33-27(28)21-6-3-19(29)10-22(21)30)17-7-8-37-26(9-17)18-12-31-35(13-18)20-4-5-20/h3,6,10-13,17,20,26H,4-5,7-9,14H2,1-2H3/t17-,26+/m0/s1. The maximum atomic E-state index is 15.0. The molecule has 2 atom stereocenters. The van der Waals surface area contributed by atoms with Gasteiger partial charge in [0.05, 0.1) is 35.2 Å². The Morgan fingerprint density at radius 1 is 1.16 bits per heavy atom. The van der Waals surface area contributed by atoms with Crippen LogP contribution in [0.15, 0.2) is 36.7 Å². The molecule has 0 amide bonds. The number of pyridine rings is 1. The van der Waals surface area contributed by atoms with Crippen molar-refractivity contribution in [2.75, 3.05) is 6.61 Å². The van der Waals surface area contributed by atoms with E-state index in [1.54, 1.807) is 6.92 Å². The fraction of sp³-hybridized carbons (Fsp3) is 0.393. The normalized spacial score (nSPS) is 19.6. The minimum atomic E-state index is -0.739. The van der Waals surface area contributed by atoms with Crippen molar-refractivity contribution in [3.8, 4) is 11.3 Å². The van der Waals surface area contributed by atoms with E-state index in [1.807, 2.05) is 16.9 Å². The van der Waals surface area contributed by atoms with E-state index in [-0.39, 0.29) is 29.9 Å². The van der Waals surface area contributed by atoms with Gasteiger partial charge in [0, 0.05) is 48.5 Å². The van der Waals surface area contributed by atoms with Gasteiger partial charge >= 0.3 is 5.97 Å². The van der Waals surface area contributed by atoms with Crippen LogP contribution in [0.1, 0.15) is 73.3 Å². The summed E-state index contributed by atoms with van der Waals surface area (Å²) in [4.78, 5) is 25.6. The minimum absolute atomic E-state index is 0.0347. The highest BCUT2D eigenvalue weighted by Gasteiger charge is 2.30. The molecule has 1 saturated carbocycles. The van der Waals surface area contributed by atoms with Crippen LogP contribution in [-0.2, 0) is 20.9 Å². The van der Waals surface area contributed by atoms with E-state index in [2.05, 4.69) is 16.3 Å². The third kappa shape index (κ3) is 4.88. The van der Waals surface area contributed by atoms with Gasteiger partial charge in [-0.3, -0.25) is 9.48 Å². The molecule has 1 aromatic carbocycles. The first-order chi connectivity index (χ1) is 18.4. The fourth-order valence-corrected chi connectivity index (χ4v) is 4.94. The summed E-state index contributed by atoms with van der Waals surface area (Å²) in [5.74, 6) is -1.82. The largest absolute Gasteiger partial charge is 0.459 e. The first kappa shape index (κ1) is 24.5. The third-order valence-corrected chi connectivity index (χ3v) is 7.16. The highest BCUT2D eigenvalue weighted by Crippen LogP contribution is 2.40. The van der Waals surface area contributed by atoms with E-state index in [4.69, 9.17) is 19.4 Å². The monoisotopic (exact) mass is 519 g/mol. The molecule has 6 rings (SSSR count). The SMILES string of the molecule is CC(=O)OCc1nc2c(-c3ccc(F)cc3F)nc([C@H]3CCO[C@@H](c4cnn(C5CC5)c4)C3)cc2nc1C. The van der Waals surface area contributed by atoms with Crippen LogP contribution in [0.2, 0.25) is 0 Å². The summed E-state index contributed by atoms with van der Waals surface area (Å²) in [5.41, 5.74) is 4.14. The van der Waals surface area contributed by atoms with Crippen molar-refractivity contribution in [1.29, 1.82) is 0 Å². The van der Waals surface area contributed by atoms with E-state index in [1.165, 1.54) is 19.1 Å². The Hall–Kier alpha value is -3.79. The average Bonchev–Trinajstić information content (AvgIpc) is 3.63. The Morgan fingerprint density at radius 2 is 2.00 bits per heavy atom.